The highest BCUT2D eigenvalue weighted by molar-refractivity contribution is 6.35. The van der Waals surface area contributed by atoms with E-state index >= 15 is 0 Å². The standard InChI is InChI=1S/C19H21Cl2NO/c1-12-4-8-17(13(2)10-12)14(3)22-19(23)9-6-15-5-7-16(20)11-18(15)21/h4-5,7-8,10-11,14H,6,9H2,1-3H3,(H,22,23)/t14-/m0/s1. The van der Waals surface area contributed by atoms with Gasteiger partial charge in [-0.05, 0) is 56.0 Å². The summed E-state index contributed by atoms with van der Waals surface area (Å²) in [6.45, 7) is 6.14. The number of amides is 1. The summed E-state index contributed by atoms with van der Waals surface area (Å²) in [5, 5.41) is 4.26. The van der Waals surface area contributed by atoms with Crippen LogP contribution in [-0.2, 0) is 11.2 Å². The second-order valence-electron chi connectivity index (χ2n) is 5.88. The highest BCUT2D eigenvalue weighted by Crippen LogP contribution is 2.22. The molecule has 0 heterocycles. The molecule has 0 radical (unpaired) electrons. The molecular formula is C19H21Cl2NO. The van der Waals surface area contributed by atoms with Gasteiger partial charge in [0.05, 0.1) is 6.04 Å². The van der Waals surface area contributed by atoms with Crippen LogP contribution in [0.25, 0.3) is 0 Å². The van der Waals surface area contributed by atoms with Crippen LogP contribution in [0.5, 0.6) is 0 Å². The molecule has 4 heteroatoms. The zero-order valence-electron chi connectivity index (χ0n) is 13.6. The molecule has 122 valence electrons. The fourth-order valence-corrected chi connectivity index (χ4v) is 3.18. The van der Waals surface area contributed by atoms with Crippen LogP contribution < -0.4 is 5.32 Å². The van der Waals surface area contributed by atoms with Gasteiger partial charge < -0.3 is 5.32 Å². The largest absolute Gasteiger partial charge is 0.350 e. The summed E-state index contributed by atoms with van der Waals surface area (Å²) in [7, 11) is 0. The predicted molar refractivity (Wildman–Crippen MR) is 97.3 cm³/mol. The molecule has 0 spiro atoms. The van der Waals surface area contributed by atoms with Crippen LogP contribution in [0.15, 0.2) is 36.4 Å². The fourth-order valence-electron chi connectivity index (χ4n) is 2.68. The van der Waals surface area contributed by atoms with Gasteiger partial charge in [-0.25, -0.2) is 0 Å². The van der Waals surface area contributed by atoms with Gasteiger partial charge in [-0.1, -0.05) is 53.0 Å². The number of rotatable bonds is 5. The van der Waals surface area contributed by atoms with E-state index in [1.807, 2.05) is 13.0 Å². The minimum absolute atomic E-state index is 0.0104. The normalized spacial score (nSPS) is 12.0. The average Bonchev–Trinajstić information content (AvgIpc) is 2.46. The van der Waals surface area contributed by atoms with E-state index in [1.54, 1.807) is 12.1 Å². The monoisotopic (exact) mass is 349 g/mol. The van der Waals surface area contributed by atoms with Crippen LogP contribution >= 0.6 is 23.2 Å². The predicted octanol–water partition coefficient (Wildman–Crippen LogP) is 5.42. The van der Waals surface area contributed by atoms with Crippen molar-refractivity contribution in [3.63, 3.8) is 0 Å². The van der Waals surface area contributed by atoms with E-state index in [4.69, 9.17) is 23.2 Å². The Hall–Kier alpha value is -1.51. The minimum atomic E-state index is -0.0104. The second kappa shape index (κ2) is 7.85. The first-order valence-corrected chi connectivity index (χ1v) is 8.43. The highest BCUT2D eigenvalue weighted by atomic mass is 35.5. The summed E-state index contributed by atoms with van der Waals surface area (Å²) in [4.78, 5) is 12.2. The highest BCUT2D eigenvalue weighted by Gasteiger charge is 2.12. The molecule has 1 atom stereocenters. The number of carbonyl (C=O) groups is 1. The lowest BCUT2D eigenvalue weighted by atomic mass is 10.00. The third-order valence-electron chi connectivity index (χ3n) is 3.91. The van der Waals surface area contributed by atoms with Gasteiger partial charge in [-0.15, -0.1) is 0 Å². The van der Waals surface area contributed by atoms with Gasteiger partial charge in [0, 0.05) is 16.5 Å². The van der Waals surface area contributed by atoms with Gasteiger partial charge in [0.15, 0.2) is 0 Å². The summed E-state index contributed by atoms with van der Waals surface area (Å²) in [5.74, 6) is 0.0171. The molecule has 0 unspecified atom stereocenters. The third-order valence-corrected chi connectivity index (χ3v) is 4.49. The Labute approximate surface area is 147 Å². The maximum absolute atomic E-state index is 12.2. The molecule has 0 bridgehead atoms. The lowest BCUT2D eigenvalue weighted by molar-refractivity contribution is -0.121. The van der Waals surface area contributed by atoms with Crippen LogP contribution in [0, 0.1) is 13.8 Å². The van der Waals surface area contributed by atoms with E-state index in [-0.39, 0.29) is 11.9 Å². The fraction of sp³-hybridized carbons (Fsp3) is 0.316. The van der Waals surface area contributed by atoms with Gasteiger partial charge in [0.25, 0.3) is 0 Å². The Bertz CT molecular complexity index is 713. The lowest BCUT2D eigenvalue weighted by Gasteiger charge is -2.17. The van der Waals surface area contributed by atoms with Crippen LogP contribution in [0.1, 0.15) is 41.6 Å². The first-order chi connectivity index (χ1) is 10.9. The Morgan fingerprint density at radius 2 is 1.87 bits per heavy atom. The zero-order valence-corrected chi connectivity index (χ0v) is 15.1. The molecule has 0 aliphatic heterocycles. The van der Waals surface area contributed by atoms with Crippen LogP contribution in [0.4, 0.5) is 0 Å². The molecule has 1 N–H and O–H groups in total. The first kappa shape index (κ1) is 17.8. The Kier molecular flexibility index (Phi) is 6.09. The van der Waals surface area contributed by atoms with E-state index in [2.05, 4.69) is 37.4 Å². The molecule has 0 saturated carbocycles. The maximum atomic E-state index is 12.2. The molecule has 2 aromatic carbocycles. The SMILES string of the molecule is Cc1ccc([C@H](C)NC(=O)CCc2ccc(Cl)cc2Cl)c(C)c1. The zero-order chi connectivity index (χ0) is 17.0. The maximum Gasteiger partial charge on any atom is 0.220 e. The van der Waals surface area contributed by atoms with Crippen molar-refractivity contribution in [1.82, 2.24) is 5.32 Å². The summed E-state index contributed by atoms with van der Waals surface area (Å²) < 4.78 is 0. The van der Waals surface area contributed by atoms with Crippen molar-refractivity contribution >= 4 is 29.1 Å². The second-order valence-corrected chi connectivity index (χ2v) is 6.73. The van der Waals surface area contributed by atoms with Gasteiger partial charge >= 0.3 is 0 Å². The molecule has 0 fully saturated rings. The van der Waals surface area contributed by atoms with Gasteiger partial charge in [0.1, 0.15) is 0 Å². The van der Waals surface area contributed by atoms with Gasteiger partial charge in [-0.2, -0.15) is 0 Å². The molecule has 2 aromatic rings. The number of hydrogen-bond donors (Lipinski definition) is 1. The minimum Gasteiger partial charge on any atom is -0.350 e. The molecule has 0 aliphatic carbocycles. The van der Waals surface area contributed by atoms with Gasteiger partial charge in [0.2, 0.25) is 5.91 Å². The van der Waals surface area contributed by atoms with Crippen molar-refractivity contribution in [3.05, 3.63) is 68.7 Å². The number of hydrogen-bond acceptors (Lipinski definition) is 1. The summed E-state index contributed by atoms with van der Waals surface area (Å²) in [6.07, 6.45) is 0.998. The molecule has 0 aliphatic rings. The number of halogens is 2. The lowest BCUT2D eigenvalue weighted by Crippen LogP contribution is -2.27. The summed E-state index contributed by atoms with van der Waals surface area (Å²) in [6, 6.07) is 11.6. The van der Waals surface area contributed by atoms with E-state index in [9.17, 15) is 4.79 Å². The van der Waals surface area contributed by atoms with Gasteiger partial charge in [-0.3, -0.25) is 4.79 Å². The van der Waals surface area contributed by atoms with Crippen LogP contribution in [0.3, 0.4) is 0 Å². The van der Waals surface area contributed by atoms with E-state index < -0.39 is 0 Å². The van der Waals surface area contributed by atoms with Crippen molar-refractivity contribution < 1.29 is 4.79 Å². The van der Waals surface area contributed by atoms with E-state index in [0.717, 1.165) is 11.1 Å². The molecular weight excluding hydrogens is 329 g/mol. The quantitative estimate of drug-likeness (QED) is 0.766. The first-order valence-electron chi connectivity index (χ1n) is 7.67. The Morgan fingerprint density at radius 3 is 2.52 bits per heavy atom. The molecule has 0 saturated heterocycles. The molecule has 2 nitrogen and oxygen atoms in total. The molecule has 2 rings (SSSR count). The van der Waals surface area contributed by atoms with Crippen molar-refractivity contribution in [3.8, 4) is 0 Å². The molecule has 23 heavy (non-hydrogen) atoms. The van der Waals surface area contributed by atoms with Crippen molar-refractivity contribution in [2.75, 3.05) is 0 Å². The summed E-state index contributed by atoms with van der Waals surface area (Å²) >= 11 is 12.0. The number of benzene rings is 2. The van der Waals surface area contributed by atoms with Crippen LogP contribution in [0.2, 0.25) is 10.0 Å². The van der Waals surface area contributed by atoms with Crippen molar-refractivity contribution in [2.24, 2.45) is 0 Å². The smallest absolute Gasteiger partial charge is 0.220 e. The Morgan fingerprint density at radius 1 is 1.13 bits per heavy atom. The van der Waals surface area contributed by atoms with Crippen molar-refractivity contribution in [2.45, 2.75) is 39.7 Å². The van der Waals surface area contributed by atoms with E-state index in [0.29, 0.717) is 22.9 Å². The number of aryl methyl sites for hydroxylation is 3. The van der Waals surface area contributed by atoms with Crippen molar-refractivity contribution in [1.29, 1.82) is 0 Å². The summed E-state index contributed by atoms with van der Waals surface area (Å²) in [5.41, 5.74) is 4.50. The molecule has 1 amide bonds. The third kappa shape index (κ3) is 4.98. The van der Waals surface area contributed by atoms with E-state index in [1.165, 1.54) is 11.1 Å². The van der Waals surface area contributed by atoms with Crippen LogP contribution in [-0.4, -0.2) is 5.91 Å². The molecule has 0 aromatic heterocycles. The topological polar surface area (TPSA) is 29.1 Å². The number of nitrogens with one attached hydrogen (secondary N) is 1. The average molecular weight is 350 g/mol. The number of carbonyl (C=O) groups excluding carboxylic acids is 1. The Balaban J connectivity index is 1.93.